The van der Waals surface area contributed by atoms with E-state index in [-0.39, 0.29) is 6.04 Å². The van der Waals surface area contributed by atoms with E-state index in [0.29, 0.717) is 51.9 Å². The number of aryl methyl sites for hydroxylation is 1. The fourth-order valence-corrected chi connectivity index (χ4v) is 5.73. The molecule has 0 amide bonds. The number of nitrogen functional groups attached to an aromatic ring is 1. The number of hydrogen-bond acceptors (Lipinski definition) is 8. The third kappa shape index (κ3) is 4.78. The quantitative estimate of drug-likeness (QED) is 0.393. The van der Waals surface area contributed by atoms with Crippen LogP contribution in [0.3, 0.4) is 0 Å². The molecule has 4 aromatic rings. The summed E-state index contributed by atoms with van der Waals surface area (Å²) in [5.74, 6) is 1.86. The highest BCUT2D eigenvalue weighted by molar-refractivity contribution is 5.88. The molecule has 6 rings (SSSR count). The first kappa shape index (κ1) is 24.9. The zero-order chi connectivity index (χ0) is 26.4. The summed E-state index contributed by atoms with van der Waals surface area (Å²) in [6.45, 7) is 7.39. The number of ether oxygens (including phenoxy) is 1. The van der Waals surface area contributed by atoms with Crippen molar-refractivity contribution in [1.82, 2.24) is 34.0 Å². The van der Waals surface area contributed by atoms with Crippen molar-refractivity contribution in [3.63, 3.8) is 0 Å². The van der Waals surface area contributed by atoms with Gasteiger partial charge in [0.2, 0.25) is 5.95 Å². The molecular formula is C26H33F2N9O. The van der Waals surface area contributed by atoms with Crippen LogP contribution in [0.2, 0.25) is 0 Å². The average Bonchev–Trinajstić information content (AvgIpc) is 3.37. The summed E-state index contributed by atoms with van der Waals surface area (Å²) < 4.78 is 34.8. The zero-order valence-corrected chi connectivity index (χ0v) is 21.6. The maximum absolute atomic E-state index is 13.2. The van der Waals surface area contributed by atoms with E-state index in [0.717, 1.165) is 51.1 Å². The molecular weight excluding hydrogens is 492 g/mol. The molecule has 38 heavy (non-hydrogen) atoms. The van der Waals surface area contributed by atoms with Gasteiger partial charge in [0.1, 0.15) is 16.9 Å². The van der Waals surface area contributed by atoms with Crippen LogP contribution < -0.4 is 11.1 Å². The smallest absolute Gasteiger partial charge is 0.256 e. The number of fused-ring (bicyclic) bond motifs is 2. The lowest BCUT2D eigenvalue weighted by Crippen LogP contribution is -2.51. The zero-order valence-electron chi connectivity index (χ0n) is 21.6. The topological polar surface area (TPSA) is 111 Å². The Morgan fingerprint density at radius 1 is 1.18 bits per heavy atom. The summed E-state index contributed by atoms with van der Waals surface area (Å²) in [7, 11) is 0. The molecule has 3 N–H and O–H groups in total. The Morgan fingerprint density at radius 2 is 2.03 bits per heavy atom. The number of nitrogens with one attached hydrogen (secondary N) is 1. The number of pyridine rings is 1. The summed E-state index contributed by atoms with van der Waals surface area (Å²) in [6, 6.07) is 6.31. The number of aromatic nitrogens is 6. The molecule has 0 aromatic carbocycles. The maximum atomic E-state index is 13.2. The van der Waals surface area contributed by atoms with Gasteiger partial charge < -0.3 is 20.4 Å². The van der Waals surface area contributed by atoms with Crippen LogP contribution in [-0.4, -0.2) is 78.8 Å². The molecule has 0 saturated carbocycles. The Hall–Kier alpha value is -3.38. The van der Waals surface area contributed by atoms with E-state index in [4.69, 9.17) is 10.5 Å². The molecule has 0 radical (unpaired) electrons. The van der Waals surface area contributed by atoms with Gasteiger partial charge in [-0.1, -0.05) is 6.92 Å². The predicted octanol–water partition coefficient (Wildman–Crippen LogP) is 3.60. The molecule has 0 bridgehead atoms. The number of halogens is 2. The molecule has 6 heterocycles. The van der Waals surface area contributed by atoms with Crippen LogP contribution in [0.5, 0.6) is 0 Å². The second kappa shape index (κ2) is 10.1. The van der Waals surface area contributed by atoms with Crippen molar-refractivity contribution in [2.75, 3.05) is 37.4 Å². The van der Waals surface area contributed by atoms with Crippen molar-refractivity contribution >= 4 is 28.4 Å². The number of anilines is 2. The molecule has 10 nitrogen and oxygen atoms in total. The Morgan fingerprint density at radius 3 is 2.79 bits per heavy atom. The standard InChI is InChI=1S/C26H33F2N9O/c1-15-10-17(4-3-8-35(11-15)18-13-38-14-18)31-26-33-24(29)23-19(7-9-37(23)34-26)20-5-6-21-25(32-20)36(12-22(27)28)16(2)30-21/h5-7,9,15,17-18,22H,3-4,8,10-14H2,1-2H3,(H3,29,31,33,34)/t15-,17?/m0/s1. The van der Waals surface area contributed by atoms with Crippen LogP contribution in [0.25, 0.3) is 27.9 Å². The SMILES string of the molecule is Cc1nc2ccc(-c3ccn4nc(NC5CCCN(C6COC6)C[C@@H](C)C5)nc(N)c34)nc2n1CC(F)F. The minimum absolute atomic E-state index is 0.263. The lowest BCUT2D eigenvalue weighted by Gasteiger charge is -2.40. The van der Waals surface area contributed by atoms with Gasteiger partial charge in [-0.05, 0) is 56.8 Å². The van der Waals surface area contributed by atoms with Crippen LogP contribution in [0.1, 0.15) is 32.0 Å². The van der Waals surface area contributed by atoms with Crippen molar-refractivity contribution < 1.29 is 13.5 Å². The minimum Gasteiger partial charge on any atom is -0.382 e. The molecule has 1 unspecified atom stereocenters. The highest BCUT2D eigenvalue weighted by Crippen LogP contribution is 2.30. The van der Waals surface area contributed by atoms with Crippen LogP contribution in [0, 0.1) is 12.8 Å². The second-order valence-electron chi connectivity index (χ2n) is 10.6. The second-order valence-corrected chi connectivity index (χ2v) is 10.6. The van der Waals surface area contributed by atoms with E-state index in [1.54, 1.807) is 17.5 Å². The van der Waals surface area contributed by atoms with Crippen LogP contribution in [-0.2, 0) is 11.3 Å². The molecule has 0 spiro atoms. The maximum Gasteiger partial charge on any atom is 0.256 e. The highest BCUT2D eigenvalue weighted by atomic mass is 19.3. The Kier molecular flexibility index (Phi) is 6.60. The van der Waals surface area contributed by atoms with E-state index < -0.39 is 13.0 Å². The monoisotopic (exact) mass is 525 g/mol. The summed E-state index contributed by atoms with van der Waals surface area (Å²) in [6.07, 6.45) is 2.47. The molecule has 2 aliphatic heterocycles. The number of nitrogens with zero attached hydrogens (tertiary/aromatic N) is 7. The van der Waals surface area contributed by atoms with Crippen molar-refractivity contribution in [3.05, 3.63) is 30.2 Å². The number of rotatable bonds is 6. The predicted molar refractivity (Wildman–Crippen MR) is 141 cm³/mol. The van der Waals surface area contributed by atoms with Gasteiger partial charge in [0.15, 0.2) is 11.5 Å². The fourth-order valence-electron chi connectivity index (χ4n) is 5.73. The molecule has 2 saturated heterocycles. The first-order valence-corrected chi connectivity index (χ1v) is 13.2. The summed E-state index contributed by atoms with van der Waals surface area (Å²) in [5, 5.41) is 8.21. The van der Waals surface area contributed by atoms with Crippen LogP contribution >= 0.6 is 0 Å². The van der Waals surface area contributed by atoms with E-state index in [1.165, 1.54) is 4.57 Å². The Labute approximate surface area is 219 Å². The third-order valence-electron chi connectivity index (χ3n) is 7.62. The molecule has 4 aromatic heterocycles. The minimum atomic E-state index is -2.50. The van der Waals surface area contributed by atoms with Crippen molar-refractivity contribution in [2.45, 2.75) is 58.2 Å². The lowest BCUT2D eigenvalue weighted by molar-refractivity contribution is -0.0708. The summed E-state index contributed by atoms with van der Waals surface area (Å²) in [5.41, 5.74) is 9.39. The van der Waals surface area contributed by atoms with Gasteiger partial charge in [-0.25, -0.2) is 23.3 Å². The van der Waals surface area contributed by atoms with Gasteiger partial charge in [0.25, 0.3) is 6.43 Å². The molecule has 2 aliphatic rings. The number of alkyl halides is 2. The Bertz CT molecular complexity index is 1450. The normalized spacial score (nSPS) is 21.6. The van der Waals surface area contributed by atoms with Crippen molar-refractivity contribution in [2.24, 2.45) is 5.92 Å². The lowest BCUT2D eigenvalue weighted by atomic mass is 9.94. The van der Waals surface area contributed by atoms with Crippen LogP contribution in [0.15, 0.2) is 24.4 Å². The number of likely N-dealkylation sites (tertiary alicyclic amines) is 1. The van der Waals surface area contributed by atoms with Crippen LogP contribution in [0.4, 0.5) is 20.5 Å². The van der Waals surface area contributed by atoms with E-state index in [1.807, 2.05) is 18.3 Å². The van der Waals surface area contributed by atoms with E-state index >= 15 is 0 Å². The van der Waals surface area contributed by atoms with Crippen molar-refractivity contribution in [3.8, 4) is 11.3 Å². The molecule has 2 fully saturated rings. The molecule has 202 valence electrons. The van der Waals surface area contributed by atoms with Gasteiger partial charge >= 0.3 is 0 Å². The number of hydrogen-bond donors (Lipinski definition) is 2. The van der Waals surface area contributed by atoms with Gasteiger partial charge in [0.05, 0.1) is 31.5 Å². The van der Waals surface area contributed by atoms with Gasteiger partial charge in [0, 0.05) is 24.3 Å². The van der Waals surface area contributed by atoms with E-state index in [9.17, 15) is 8.78 Å². The Balaban J connectivity index is 1.24. The molecule has 12 heteroatoms. The van der Waals surface area contributed by atoms with Gasteiger partial charge in [-0.2, -0.15) is 4.98 Å². The molecule has 2 atom stereocenters. The highest BCUT2D eigenvalue weighted by Gasteiger charge is 2.29. The first-order chi connectivity index (χ1) is 18.4. The van der Waals surface area contributed by atoms with Gasteiger partial charge in [-0.3, -0.25) is 4.90 Å². The van der Waals surface area contributed by atoms with Crippen molar-refractivity contribution in [1.29, 1.82) is 0 Å². The third-order valence-corrected chi connectivity index (χ3v) is 7.62. The number of nitrogens with two attached hydrogens (primary N) is 1. The number of imidazole rings is 1. The largest absolute Gasteiger partial charge is 0.382 e. The summed E-state index contributed by atoms with van der Waals surface area (Å²) in [4.78, 5) is 16.2. The van der Waals surface area contributed by atoms with E-state index in [2.05, 4.69) is 37.2 Å². The molecule has 0 aliphatic carbocycles. The average molecular weight is 526 g/mol. The fraction of sp³-hybridized carbons (Fsp3) is 0.538. The summed E-state index contributed by atoms with van der Waals surface area (Å²) >= 11 is 0. The van der Waals surface area contributed by atoms with Gasteiger partial charge in [-0.15, -0.1) is 5.10 Å². The first-order valence-electron chi connectivity index (χ1n) is 13.2.